The van der Waals surface area contributed by atoms with Crippen molar-refractivity contribution in [2.75, 3.05) is 13.8 Å². The lowest BCUT2D eigenvalue weighted by Gasteiger charge is -2.35. The standard InChI is InChI=1S/C41H56O5P2/c1-9-10-11-18-25-41(5,6)35-27-38(45-47(8,42)29-33-19-14-12-15-20-33)40(37-26-32(4)23-24-36(37)31(2)3)39(28-35)46-48(43,44-7)30-34-21-16-13-17-22-34/h12-17,19-22,26-28,36-37H,2,9-11,18,23-25,29-30H2,1,3-8H3. The van der Waals surface area contributed by atoms with E-state index >= 15 is 0 Å². The van der Waals surface area contributed by atoms with Crippen LogP contribution >= 0.6 is 15.0 Å². The zero-order valence-electron chi connectivity index (χ0n) is 30.2. The monoisotopic (exact) mass is 690 g/mol. The Balaban J connectivity index is 1.93. The number of benzene rings is 3. The van der Waals surface area contributed by atoms with E-state index in [1.165, 1.54) is 25.5 Å². The SMILES string of the molecule is C=C(C)C1CCC(C)=CC1c1c(OP(C)(=O)Cc2ccccc2)cc(C(C)(C)CCCCCC)cc1OP(=O)(Cc1ccccc1)OC. The van der Waals surface area contributed by atoms with Gasteiger partial charge in [0, 0.05) is 25.3 Å². The van der Waals surface area contributed by atoms with Gasteiger partial charge in [-0.1, -0.05) is 131 Å². The van der Waals surface area contributed by atoms with Gasteiger partial charge in [-0.25, -0.2) is 4.57 Å². The number of allylic oxidation sites excluding steroid dienone is 3. The molecule has 260 valence electrons. The molecule has 0 saturated carbocycles. The van der Waals surface area contributed by atoms with Crippen LogP contribution in [0.15, 0.2) is 96.6 Å². The highest BCUT2D eigenvalue weighted by atomic mass is 31.2. The molecule has 3 aromatic carbocycles. The molecular weight excluding hydrogens is 634 g/mol. The van der Waals surface area contributed by atoms with Crippen LogP contribution in [0.2, 0.25) is 0 Å². The first-order chi connectivity index (χ1) is 22.8. The van der Waals surface area contributed by atoms with E-state index in [1.807, 2.05) is 66.7 Å². The third kappa shape index (κ3) is 10.3. The van der Waals surface area contributed by atoms with Crippen molar-refractivity contribution in [1.82, 2.24) is 0 Å². The van der Waals surface area contributed by atoms with Crippen LogP contribution in [-0.2, 0) is 31.4 Å². The van der Waals surface area contributed by atoms with Gasteiger partial charge in [-0.3, -0.25) is 4.57 Å². The lowest BCUT2D eigenvalue weighted by molar-refractivity contribution is 0.317. The summed E-state index contributed by atoms with van der Waals surface area (Å²) in [4.78, 5) is 0. The van der Waals surface area contributed by atoms with E-state index in [1.54, 1.807) is 6.66 Å². The molecule has 4 rings (SSSR count). The van der Waals surface area contributed by atoms with E-state index in [9.17, 15) is 9.13 Å². The lowest BCUT2D eigenvalue weighted by Crippen LogP contribution is -2.21. The minimum absolute atomic E-state index is 0.104. The molecule has 4 unspecified atom stereocenters. The molecule has 48 heavy (non-hydrogen) atoms. The van der Waals surface area contributed by atoms with Crippen molar-refractivity contribution in [3.05, 3.63) is 119 Å². The Labute approximate surface area is 290 Å². The largest absolute Gasteiger partial charge is 0.442 e. The fraction of sp³-hybridized carbons (Fsp3) is 0.463. The first-order valence-corrected chi connectivity index (χ1v) is 21.4. The van der Waals surface area contributed by atoms with Crippen LogP contribution in [0.4, 0.5) is 0 Å². The molecule has 0 aliphatic heterocycles. The fourth-order valence-electron chi connectivity index (χ4n) is 6.76. The van der Waals surface area contributed by atoms with Gasteiger partial charge >= 0.3 is 7.60 Å². The van der Waals surface area contributed by atoms with Crippen LogP contribution in [0.25, 0.3) is 0 Å². The van der Waals surface area contributed by atoms with Gasteiger partial charge in [0.15, 0.2) is 0 Å². The van der Waals surface area contributed by atoms with Crippen molar-refractivity contribution in [3.63, 3.8) is 0 Å². The number of rotatable bonds is 17. The van der Waals surface area contributed by atoms with Crippen LogP contribution in [0.5, 0.6) is 11.5 Å². The predicted molar refractivity (Wildman–Crippen MR) is 202 cm³/mol. The van der Waals surface area contributed by atoms with Crippen LogP contribution in [0.3, 0.4) is 0 Å². The van der Waals surface area contributed by atoms with Crippen molar-refractivity contribution < 1.29 is 22.7 Å². The average Bonchev–Trinajstić information content (AvgIpc) is 3.03. The number of hydrogen-bond acceptors (Lipinski definition) is 5. The van der Waals surface area contributed by atoms with Crippen molar-refractivity contribution >= 4 is 15.0 Å². The molecule has 1 aliphatic rings. The summed E-state index contributed by atoms with van der Waals surface area (Å²) in [6, 6.07) is 23.6. The van der Waals surface area contributed by atoms with Gasteiger partial charge in [0.2, 0.25) is 7.37 Å². The van der Waals surface area contributed by atoms with E-state index in [0.717, 1.165) is 59.9 Å². The van der Waals surface area contributed by atoms with Gasteiger partial charge < -0.3 is 13.6 Å². The Bertz CT molecular complexity index is 1640. The highest BCUT2D eigenvalue weighted by molar-refractivity contribution is 7.57. The summed E-state index contributed by atoms with van der Waals surface area (Å²) in [5.41, 5.74) is 5.65. The molecule has 0 aromatic heterocycles. The predicted octanol–water partition coefficient (Wildman–Crippen LogP) is 12.9. The summed E-state index contributed by atoms with van der Waals surface area (Å²) in [5, 5.41) is 0. The average molecular weight is 691 g/mol. The summed E-state index contributed by atoms with van der Waals surface area (Å²) in [6.07, 6.45) is 10.1. The lowest BCUT2D eigenvalue weighted by atomic mass is 9.72. The summed E-state index contributed by atoms with van der Waals surface area (Å²) in [5.74, 6) is 0.928. The van der Waals surface area contributed by atoms with Crippen molar-refractivity contribution in [2.45, 2.75) is 103 Å². The quantitative estimate of drug-likeness (QED) is 0.0801. The molecule has 0 amide bonds. The van der Waals surface area contributed by atoms with E-state index in [2.05, 4.69) is 53.3 Å². The van der Waals surface area contributed by atoms with Crippen LogP contribution in [0.1, 0.15) is 108 Å². The van der Waals surface area contributed by atoms with Gasteiger partial charge in [0.1, 0.15) is 11.5 Å². The molecule has 0 saturated heterocycles. The van der Waals surface area contributed by atoms with Gasteiger partial charge in [-0.2, -0.15) is 0 Å². The maximum Gasteiger partial charge on any atom is 0.383 e. The Morgan fingerprint density at radius 1 is 0.896 bits per heavy atom. The third-order valence-electron chi connectivity index (χ3n) is 9.59. The first-order valence-electron chi connectivity index (χ1n) is 17.5. The molecule has 3 aromatic rings. The zero-order chi connectivity index (χ0) is 35.0. The minimum atomic E-state index is -3.68. The maximum absolute atomic E-state index is 14.5. The Hall–Kier alpha value is -2.84. The molecule has 0 fully saturated rings. The van der Waals surface area contributed by atoms with Crippen molar-refractivity contribution in [1.29, 1.82) is 0 Å². The van der Waals surface area contributed by atoms with Crippen molar-refractivity contribution in [2.24, 2.45) is 5.92 Å². The number of unbranched alkanes of at least 4 members (excludes halogenated alkanes) is 3. The number of hydrogen-bond donors (Lipinski definition) is 0. The maximum atomic E-state index is 14.5. The summed E-state index contributed by atoms with van der Waals surface area (Å²) in [6.45, 7) is 17.0. The van der Waals surface area contributed by atoms with Crippen molar-refractivity contribution in [3.8, 4) is 11.5 Å². The molecule has 0 bridgehead atoms. The van der Waals surface area contributed by atoms with Crippen LogP contribution in [-0.4, -0.2) is 13.8 Å². The molecule has 0 N–H and O–H groups in total. The minimum Gasteiger partial charge on any atom is -0.442 e. The second kappa shape index (κ2) is 16.7. The molecule has 4 atom stereocenters. The highest BCUT2D eigenvalue weighted by Gasteiger charge is 2.37. The van der Waals surface area contributed by atoms with Gasteiger partial charge in [-0.15, -0.1) is 0 Å². The molecule has 1 aliphatic carbocycles. The molecule has 5 nitrogen and oxygen atoms in total. The van der Waals surface area contributed by atoms with E-state index < -0.39 is 15.0 Å². The Morgan fingerprint density at radius 2 is 1.48 bits per heavy atom. The molecule has 0 spiro atoms. The third-order valence-corrected chi connectivity index (χ3v) is 12.9. The second-order valence-electron chi connectivity index (χ2n) is 14.4. The van der Waals surface area contributed by atoms with Crippen LogP contribution < -0.4 is 9.05 Å². The van der Waals surface area contributed by atoms with E-state index in [-0.39, 0.29) is 23.4 Å². The van der Waals surface area contributed by atoms with Gasteiger partial charge in [0.25, 0.3) is 0 Å². The molecule has 0 radical (unpaired) electrons. The summed E-state index contributed by atoms with van der Waals surface area (Å²) in [7, 11) is -5.44. The fourth-order valence-corrected chi connectivity index (χ4v) is 9.64. The molecular formula is C41H56O5P2. The van der Waals surface area contributed by atoms with E-state index in [0.29, 0.717) is 17.7 Å². The van der Waals surface area contributed by atoms with Gasteiger partial charge in [0.05, 0.1) is 12.3 Å². The molecule has 7 heteroatoms. The summed E-state index contributed by atoms with van der Waals surface area (Å²) >= 11 is 0. The highest BCUT2D eigenvalue weighted by Crippen LogP contribution is 2.58. The topological polar surface area (TPSA) is 61.8 Å². The van der Waals surface area contributed by atoms with Crippen LogP contribution in [0, 0.1) is 5.92 Å². The molecule has 0 heterocycles. The smallest absolute Gasteiger partial charge is 0.383 e. The Morgan fingerprint density at radius 3 is 2.04 bits per heavy atom. The van der Waals surface area contributed by atoms with E-state index in [4.69, 9.17) is 13.6 Å². The zero-order valence-corrected chi connectivity index (χ0v) is 32.0. The van der Waals surface area contributed by atoms with Gasteiger partial charge in [-0.05, 0) is 73.3 Å². The Kier molecular flexibility index (Phi) is 13.2. The first kappa shape index (κ1) is 38.0. The summed E-state index contributed by atoms with van der Waals surface area (Å²) < 4.78 is 48.0. The normalized spacial score (nSPS) is 19.1. The second-order valence-corrected chi connectivity index (χ2v) is 19.0.